The molecule has 0 atom stereocenters. The standard InChI is InChI=1S/C16H15N5O3S/c1-11-9-14(5-8-16(11)21-10-17-19-20-21)18-25(23,24)15-6-3-13(4-7-15)12(2)22/h3-10,18H,1-2H3. The Bertz CT molecular complexity index is 1010. The van der Waals surface area contributed by atoms with Crippen LogP contribution < -0.4 is 4.72 Å². The minimum atomic E-state index is -3.75. The van der Waals surface area contributed by atoms with E-state index in [2.05, 4.69) is 20.2 Å². The van der Waals surface area contributed by atoms with Crippen LogP contribution in [-0.2, 0) is 10.0 Å². The van der Waals surface area contributed by atoms with Gasteiger partial charge >= 0.3 is 0 Å². The van der Waals surface area contributed by atoms with Gasteiger partial charge in [-0.3, -0.25) is 9.52 Å². The van der Waals surface area contributed by atoms with Crippen molar-refractivity contribution in [1.29, 1.82) is 0 Å². The summed E-state index contributed by atoms with van der Waals surface area (Å²) in [5.74, 6) is -0.120. The first kappa shape index (κ1) is 16.8. The van der Waals surface area contributed by atoms with E-state index in [0.29, 0.717) is 11.3 Å². The number of benzene rings is 2. The van der Waals surface area contributed by atoms with Gasteiger partial charge in [0.2, 0.25) is 0 Å². The predicted molar refractivity (Wildman–Crippen MR) is 91.1 cm³/mol. The molecule has 0 bridgehead atoms. The average molecular weight is 357 g/mol. The van der Waals surface area contributed by atoms with E-state index in [0.717, 1.165) is 11.3 Å². The van der Waals surface area contributed by atoms with Crippen LogP contribution in [0, 0.1) is 6.92 Å². The van der Waals surface area contributed by atoms with Gasteiger partial charge in [-0.15, -0.1) is 5.10 Å². The molecule has 2 aromatic carbocycles. The summed E-state index contributed by atoms with van der Waals surface area (Å²) in [5, 5.41) is 11.0. The second-order valence-electron chi connectivity index (χ2n) is 5.44. The van der Waals surface area contributed by atoms with Gasteiger partial charge in [-0.05, 0) is 60.2 Å². The molecule has 25 heavy (non-hydrogen) atoms. The van der Waals surface area contributed by atoms with E-state index < -0.39 is 10.0 Å². The minimum Gasteiger partial charge on any atom is -0.295 e. The number of Topliss-reactive ketones (excluding diaryl/α,β-unsaturated/α-hetero) is 1. The molecule has 3 aromatic rings. The Kier molecular flexibility index (Phi) is 4.32. The Morgan fingerprint density at radius 2 is 1.84 bits per heavy atom. The first-order chi connectivity index (χ1) is 11.9. The lowest BCUT2D eigenvalue weighted by Crippen LogP contribution is -2.13. The lowest BCUT2D eigenvalue weighted by molar-refractivity contribution is 0.101. The zero-order chi connectivity index (χ0) is 18.0. The van der Waals surface area contributed by atoms with E-state index in [1.165, 1.54) is 42.2 Å². The fraction of sp³-hybridized carbons (Fsp3) is 0.125. The van der Waals surface area contributed by atoms with Crippen LogP contribution in [0.5, 0.6) is 0 Å². The maximum Gasteiger partial charge on any atom is 0.261 e. The number of ketones is 1. The normalized spacial score (nSPS) is 11.3. The lowest BCUT2D eigenvalue weighted by Gasteiger charge is -2.11. The third-order valence-electron chi connectivity index (χ3n) is 3.62. The summed E-state index contributed by atoms with van der Waals surface area (Å²) in [7, 11) is -3.75. The van der Waals surface area contributed by atoms with Gasteiger partial charge in [0.15, 0.2) is 5.78 Å². The van der Waals surface area contributed by atoms with E-state index >= 15 is 0 Å². The topological polar surface area (TPSA) is 107 Å². The Morgan fingerprint density at radius 1 is 1.12 bits per heavy atom. The molecule has 0 radical (unpaired) electrons. The summed E-state index contributed by atoms with van der Waals surface area (Å²) in [6.45, 7) is 3.26. The Balaban J connectivity index is 1.85. The fourth-order valence-electron chi connectivity index (χ4n) is 2.33. The van der Waals surface area contributed by atoms with Crippen LogP contribution in [-0.4, -0.2) is 34.4 Å². The van der Waals surface area contributed by atoms with Gasteiger partial charge in [-0.1, -0.05) is 12.1 Å². The molecule has 0 aliphatic rings. The highest BCUT2D eigenvalue weighted by Gasteiger charge is 2.15. The van der Waals surface area contributed by atoms with Crippen LogP contribution >= 0.6 is 0 Å². The number of rotatable bonds is 5. The zero-order valence-electron chi connectivity index (χ0n) is 13.5. The molecule has 0 amide bonds. The molecule has 0 unspecified atom stereocenters. The van der Waals surface area contributed by atoms with Crippen molar-refractivity contribution in [1.82, 2.24) is 20.2 Å². The molecule has 0 fully saturated rings. The summed E-state index contributed by atoms with van der Waals surface area (Å²) in [6.07, 6.45) is 1.46. The monoisotopic (exact) mass is 357 g/mol. The van der Waals surface area contributed by atoms with Crippen molar-refractivity contribution in [2.75, 3.05) is 4.72 Å². The van der Waals surface area contributed by atoms with Crippen molar-refractivity contribution in [2.45, 2.75) is 18.7 Å². The molecule has 1 aromatic heterocycles. The number of carbonyl (C=O) groups is 1. The van der Waals surface area contributed by atoms with Gasteiger partial charge in [0.1, 0.15) is 6.33 Å². The molecule has 8 nitrogen and oxygen atoms in total. The predicted octanol–water partition coefficient (Wildman–Crippen LogP) is 1.97. The molecule has 9 heteroatoms. The average Bonchev–Trinajstić information content (AvgIpc) is 3.09. The molecular formula is C16H15N5O3S. The SMILES string of the molecule is CC(=O)c1ccc(S(=O)(=O)Nc2ccc(-n3cnnn3)c(C)c2)cc1. The number of sulfonamides is 1. The van der Waals surface area contributed by atoms with Gasteiger partial charge in [-0.25, -0.2) is 13.1 Å². The smallest absolute Gasteiger partial charge is 0.261 e. The summed E-state index contributed by atoms with van der Waals surface area (Å²) in [6, 6.07) is 10.8. The fourth-order valence-corrected chi connectivity index (χ4v) is 3.38. The van der Waals surface area contributed by atoms with E-state index in [-0.39, 0.29) is 10.7 Å². The van der Waals surface area contributed by atoms with Crippen molar-refractivity contribution in [3.05, 3.63) is 59.9 Å². The third-order valence-corrected chi connectivity index (χ3v) is 5.01. The summed E-state index contributed by atoms with van der Waals surface area (Å²) in [5.41, 5.74) is 2.43. The van der Waals surface area contributed by atoms with Crippen molar-refractivity contribution < 1.29 is 13.2 Å². The number of nitrogens with zero attached hydrogens (tertiary/aromatic N) is 4. The highest BCUT2D eigenvalue weighted by molar-refractivity contribution is 7.92. The van der Waals surface area contributed by atoms with Crippen LogP contribution in [0.15, 0.2) is 53.7 Å². The van der Waals surface area contributed by atoms with Crippen LogP contribution in [0.3, 0.4) is 0 Å². The molecule has 0 saturated heterocycles. The molecule has 3 rings (SSSR count). The number of hydrogen-bond acceptors (Lipinski definition) is 6. The van der Waals surface area contributed by atoms with Crippen LogP contribution in [0.1, 0.15) is 22.8 Å². The maximum absolute atomic E-state index is 12.5. The third kappa shape index (κ3) is 3.56. The number of nitrogens with one attached hydrogen (secondary N) is 1. The van der Waals surface area contributed by atoms with Gasteiger partial charge in [0.05, 0.1) is 10.6 Å². The van der Waals surface area contributed by atoms with Crippen LogP contribution in [0.4, 0.5) is 5.69 Å². The van der Waals surface area contributed by atoms with Gasteiger partial charge < -0.3 is 0 Å². The maximum atomic E-state index is 12.5. The van der Waals surface area contributed by atoms with Gasteiger partial charge in [0, 0.05) is 11.3 Å². The van der Waals surface area contributed by atoms with Crippen LogP contribution in [0.2, 0.25) is 0 Å². The molecular weight excluding hydrogens is 342 g/mol. The summed E-state index contributed by atoms with van der Waals surface area (Å²) in [4.78, 5) is 11.4. The van der Waals surface area contributed by atoms with E-state index in [1.54, 1.807) is 18.2 Å². The number of tetrazole rings is 1. The first-order valence-electron chi connectivity index (χ1n) is 7.35. The number of aromatic nitrogens is 4. The summed E-state index contributed by atoms with van der Waals surface area (Å²) < 4.78 is 29.0. The lowest BCUT2D eigenvalue weighted by atomic mass is 10.2. The van der Waals surface area contributed by atoms with Crippen molar-refractivity contribution >= 4 is 21.5 Å². The molecule has 128 valence electrons. The highest BCUT2D eigenvalue weighted by Crippen LogP contribution is 2.21. The quantitative estimate of drug-likeness (QED) is 0.700. The first-order valence-corrected chi connectivity index (χ1v) is 8.83. The molecule has 1 N–H and O–H groups in total. The Labute approximate surface area is 144 Å². The minimum absolute atomic E-state index is 0.0831. The Hall–Kier alpha value is -3.07. The van der Waals surface area contributed by atoms with Crippen molar-refractivity contribution in [2.24, 2.45) is 0 Å². The molecule has 0 aliphatic heterocycles. The molecule has 1 heterocycles. The van der Waals surface area contributed by atoms with E-state index in [9.17, 15) is 13.2 Å². The van der Waals surface area contributed by atoms with Gasteiger partial charge in [-0.2, -0.15) is 0 Å². The largest absolute Gasteiger partial charge is 0.295 e. The Morgan fingerprint density at radius 3 is 2.40 bits per heavy atom. The van der Waals surface area contributed by atoms with Crippen LogP contribution in [0.25, 0.3) is 5.69 Å². The van der Waals surface area contributed by atoms with E-state index in [1.807, 2.05) is 6.92 Å². The number of aryl methyl sites for hydroxylation is 1. The molecule has 0 aliphatic carbocycles. The van der Waals surface area contributed by atoms with Gasteiger partial charge in [0.25, 0.3) is 10.0 Å². The summed E-state index contributed by atoms with van der Waals surface area (Å²) >= 11 is 0. The van der Waals surface area contributed by atoms with Crippen molar-refractivity contribution in [3.63, 3.8) is 0 Å². The number of anilines is 1. The van der Waals surface area contributed by atoms with E-state index in [4.69, 9.17) is 0 Å². The van der Waals surface area contributed by atoms with Crippen molar-refractivity contribution in [3.8, 4) is 5.69 Å². The number of carbonyl (C=O) groups excluding carboxylic acids is 1. The molecule has 0 spiro atoms. The number of hydrogen-bond donors (Lipinski definition) is 1. The molecule has 0 saturated carbocycles. The highest BCUT2D eigenvalue weighted by atomic mass is 32.2. The second kappa shape index (κ2) is 6.44. The zero-order valence-corrected chi connectivity index (χ0v) is 14.4. The second-order valence-corrected chi connectivity index (χ2v) is 7.12.